The van der Waals surface area contributed by atoms with E-state index in [2.05, 4.69) is 29.2 Å². The third-order valence-corrected chi connectivity index (χ3v) is 3.34. The third-order valence-electron chi connectivity index (χ3n) is 2.31. The third kappa shape index (κ3) is 2.29. The van der Waals surface area contributed by atoms with Crippen molar-refractivity contribution >= 4 is 16.9 Å². The van der Waals surface area contributed by atoms with Gasteiger partial charge in [-0.1, -0.05) is 42.1 Å². The summed E-state index contributed by atoms with van der Waals surface area (Å²) in [5.74, 6) is 1.10. The lowest BCUT2D eigenvalue weighted by Gasteiger charge is -2.28. The predicted molar refractivity (Wildman–Crippen MR) is 61.7 cm³/mol. The molecule has 0 aliphatic carbocycles. The van der Waals surface area contributed by atoms with Crippen LogP contribution >= 0.6 is 11.8 Å². The Bertz CT molecular complexity index is 310. The molecule has 14 heavy (non-hydrogen) atoms. The lowest BCUT2D eigenvalue weighted by Crippen LogP contribution is -2.32. The largest absolute Gasteiger partial charge is 0.347 e. The highest BCUT2D eigenvalue weighted by molar-refractivity contribution is 8.13. The van der Waals surface area contributed by atoms with Gasteiger partial charge < -0.3 is 4.90 Å². The Labute approximate surface area is 88.8 Å². The fraction of sp³-hybridized carbons (Fsp3) is 0.364. The molecule has 1 heterocycles. The second-order valence-electron chi connectivity index (χ2n) is 3.41. The van der Waals surface area contributed by atoms with E-state index in [4.69, 9.17) is 5.41 Å². The average molecular weight is 206 g/mol. The summed E-state index contributed by atoms with van der Waals surface area (Å²) in [7, 11) is 0. The molecule has 0 aromatic heterocycles. The van der Waals surface area contributed by atoms with Gasteiger partial charge in [-0.15, -0.1) is 0 Å². The van der Waals surface area contributed by atoms with E-state index in [0.717, 1.165) is 24.0 Å². The van der Waals surface area contributed by atoms with Gasteiger partial charge >= 0.3 is 0 Å². The van der Waals surface area contributed by atoms with E-state index in [1.165, 1.54) is 12.0 Å². The Balaban J connectivity index is 2.00. The summed E-state index contributed by atoms with van der Waals surface area (Å²) in [6.45, 7) is 1.91. The minimum atomic E-state index is 0.722. The monoisotopic (exact) mass is 206 g/mol. The molecule has 0 saturated carbocycles. The molecule has 0 radical (unpaired) electrons. The molecule has 0 amide bonds. The maximum atomic E-state index is 7.78. The van der Waals surface area contributed by atoms with Gasteiger partial charge in [-0.25, -0.2) is 0 Å². The van der Waals surface area contributed by atoms with Crippen LogP contribution in [0.1, 0.15) is 12.0 Å². The molecule has 0 bridgehead atoms. The summed E-state index contributed by atoms with van der Waals surface area (Å²) in [5.41, 5.74) is 1.29. The van der Waals surface area contributed by atoms with E-state index in [9.17, 15) is 0 Å². The number of amidine groups is 1. The van der Waals surface area contributed by atoms with E-state index in [-0.39, 0.29) is 0 Å². The second-order valence-corrected chi connectivity index (χ2v) is 4.50. The van der Waals surface area contributed by atoms with Crippen LogP contribution in [0, 0.1) is 5.41 Å². The van der Waals surface area contributed by atoms with Crippen molar-refractivity contribution in [2.45, 2.75) is 13.0 Å². The van der Waals surface area contributed by atoms with Crippen LogP contribution in [0.4, 0.5) is 0 Å². The molecule has 1 saturated heterocycles. The SMILES string of the molecule is N=C1SCCCN1Cc1ccccc1. The minimum Gasteiger partial charge on any atom is -0.347 e. The maximum absolute atomic E-state index is 7.78. The second kappa shape index (κ2) is 4.51. The zero-order chi connectivity index (χ0) is 9.80. The molecule has 3 heteroatoms. The molecule has 1 aliphatic heterocycles. The average Bonchev–Trinajstić information content (AvgIpc) is 2.23. The molecule has 1 aliphatic rings. The highest BCUT2D eigenvalue weighted by Gasteiger charge is 2.14. The van der Waals surface area contributed by atoms with E-state index < -0.39 is 0 Å². The summed E-state index contributed by atoms with van der Waals surface area (Å²) in [5, 5.41) is 8.51. The predicted octanol–water partition coefficient (Wildman–Crippen LogP) is 2.56. The highest BCUT2D eigenvalue weighted by atomic mass is 32.2. The number of thioether (sulfide) groups is 1. The molecule has 1 N–H and O–H groups in total. The van der Waals surface area contributed by atoms with Crippen molar-refractivity contribution in [2.24, 2.45) is 0 Å². The van der Waals surface area contributed by atoms with Gasteiger partial charge in [-0.3, -0.25) is 5.41 Å². The van der Waals surface area contributed by atoms with Crippen LogP contribution in [-0.4, -0.2) is 22.4 Å². The number of nitrogens with one attached hydrogen (secondary N) is 1. The van der Waals surface area contributed by atoms with E-state index in [1.807, 2.05) is 6.07 Å². The van der Waals surface area contributed by atoms with Gasteiger partial charge in [0.15, 0.2) is 5.17 Å². The van der Waals surface area contributed by atoms with Gasteiger partial charge in [0.2, 0.25) is 0 Å². The van der Waals surface area contributed by atoms with Crippen LogP contribution in [0.25, 0.3) is 0 Å². The minimum absolute atomic E-state index is 0.722. The van der Waals surface area contributed by atoms with Crippen LogP contribution < -0.4 is 0 Å². The molecule has 1 aromatic rings. The number of benzene rings is 1. The molecule has 0 spiro atoms. The van der Waals surface area contributed by atoms with Crippen LogP contribution in [-0.2, 0) is 6.54 Å². The Morgan fingerprint density at radius 3 is 2.79 bits per heavy atom. The van der Waals surface area contributed by atoms with Gasteiger partial charge in [0.05, 0.1) is 0 Å². The first kappa shape index (κ1) is 9.59. The van der Waals surface area contributed by atoms with Gasteiger partial charge in [-0.05, 0) is 12.0 Å². The molecule has 0 atom stereocenters. The van der Waals surface area contributed by atoms with Crippen molar-refractivity contribution in [3.63, 3.8) is 0 Å². The molecular weight excluding hydrogens is 192 g/mol. The Morgan fingerprint density at radius 2 is 2.07 bits per heavy atom. The van der Waals surface area contributed by atoms with Crippen LogP contribution in [0.15, 0.2) is 30.3 Å². The molecule has 2 rings (SSSR count). The van der Waals surface area contributed by atoms with Crippen LogP contribution in [0.3, 0.4) is 0 Å². The first-order valence-corrected chi connectivity index (χ1v) is 5.85. The summed E-state index contributed by atoms with van der Waals surface area (Å²) in [6, 6.07) is 10.4. The molecule has 0 unspecified atom stereocenters. The fourth-order valence-electron chi connectivity index (χ4n) is 1.57. The van der Waals surface area contributed by atoms with Crippen molar-refractivity contribution in [1.29, 1.82) is 5.41 Å². The lowest BCUT2D eigenvalue weighted by atomic mass is 10.2. The first-order valence-electron chi connectivity index (χ1n) is 4.86. The van der Waals surface area contributed by atoms with E-state index >= 15 is 0 Å². The maximum Gasteiger partial charge on any atom is 0.156 e. The van der Waals surface area contributed by atoms with Gasteiger partial charge in [0.1, 0.15) is 0 Å². The number of hydrogen-bond acceptors (Lipinski definition) is 2. The number of nitrogens with zero attached hydrogens (tertiary/aromatic N) is 1. The standard InChI is InChI=1S/C11H14N2S/c12-11-13(7-4-8-14-11)9-10-5-2-1-3-6-10/h1-3,5-6,12H,4,7-9H2. The Morgan fingerprint density at radius 1 is 1.29 bits per heavy atom. The summed E-state index contributed by atoms with van der Waals surface area (Å²) in [6.07, 6.45) is 1.19. The first-order chi connectivity index (χ1) is 6.86. The Hall–Kier alpha value is -0.960. The summed E-state index contributed by atoms with van der Waals surface area (Å²) >= 11 is 1.65. The van der Waals surface area contributed by atoms with Crippen molar-refractivity contribution in [3.05, 3.63) is 35.9 Å². The zero-order valence-electron chi connectivity index (χ0n) is 8.07. The van der Waals surface area contributed by atoms with Crippen LogP contribution in [0.2, 0.25) is 0 Å². The fourth-order valence-corrected chi connectivity index (χ4v) is 2.38. The molecule has 74 valence electrons. The number of rotatable bonds is 2. The molecule has 1 fully saturated rings. The molecular formula is C11H14N2S. The van der Waals surface area contributed by atoms with Gasteiger partial charge in [-0.2, -0.15) is 0 Å². The zero-order valence-corrected chi connectivity index (χ0v) is 8.89. The summed E-state index contributed by atoms with van der Waals surface area (Å²) < 4.78 is 0. The van der Waals surface area contributed by atoms with Crippen molar-refractivity contribution in [1.82, 2.24) is 4.90 Å². The highest BCUT2D eigenvalue weighted by Crippen LogP contribution is 2.18. The van der Waals surface area contributed by atoms with Gasteiger partial charge in [0.25, 0.3) is 0 Å². The van der Waals surface area contributed by atoms with Crippen molar-refractivity contribution < 1.29 is 0 Å². The van der Waals surface area contributed by atoms with Crippen LogP contribution in [0.5, 0.6) is 0 Å². The van der Waals surface area contributed by atoms with Crippen molar-refractivity contribution in [3.8, 4) is 0 Å². The van der Waals surface area contributed by atoms with E-state index in [0.29, 0.717) is 0 Å². The van der Waals surface area contributed by atoms with E-state index in [1.54, 1.807) is 11.8 Å². The number of hydrogen-bond donors (Lipinski definition) is 1. The lowest BCUT2D eigenvalue weighted by molar-refractivity contribution is 0.413. The normalized spacial score (nSPS) is 17.1. The summed E-state index contributed by atoms with van der Waals surface area (Å²) in [4.78, 5) is 2.14. The molecule has 2 nitrogen and oxygen atoms in total. The smallest absolute Gasteiger partial charge is 0.156 e. The molecule has 1 aromatic carbocycles. The Kier molecular flexibility index (Phi) is 3.09. The van der Waals surface area contributed by atoms with Gasteiger partial charge in [0, 0.05) is 18.8 Å². The quantitative estimate of drug-likeness (QED) is 0.805. The topological polar surface area (TPSA) is 27.1 Å². The van der Waals surface area contributed by atoms with Crippen molar-refractivity contribution in [2.75, 3.05) is 12.3 Å².